The van der Waals surface area contributed by atoms with Gasteiger partial charge in [0.2, 0.25) is 5.95 Å². The number of ether oxygens (including phenoxy) is 2. The molecule has 0 fully saturated rings. The van der Waals surface area contributed by atoms with Gasteiger partial charge in [-0.3, -0.25) is 0 Å². The highest BCUT2D eigenvalue weighted by Crippen LogP contribution is 2.26. The van der Waals surface area contributed by atoms with Gasteiger partial charge in [0.05, 0.1) is 13.7 Å². The first-order valence-corrected chi connectivity index (χ1v) is 9.77. The third kappa shape index (κ3) is 5.85. The second-order valence-electron chi connectivity index (χ2n) is 7.04. The first-order valence-electron chi connectivity index (χ1n) is 9.77. The molecule has 2 N–H and O–H groups in total. The van der Waals surface area contributed by atoms with E-state index in [0.29, 0.717) is 25.0 Å². The lowest BCUT2D eigenvalue weighted by atomic mass is 10.0. The zero-order valence-electron chi connectivity index (χ0n) is 17.4. The molecule has 0 saturated carbocycles. The molecule has 6 heteroatoms. The molecule has 0 radical (unpaired) electrons. The van der Waals surface area contributed by atoms with Crippen LogP contribution >= 0.6 is 0 Å². The average Bonchev–Trinajstić information content (AvgIpc) is 2.71. The quantitative estimate of drug-likeness (QED) is 0.491. The monoisotopic (exact) mass is 392 g/mol. The van der Waals surface area contributed by atoms with Crippen molar-refractivity contribution >= 4 is 17.5 Å². The van der Waals surface area contributed by atoms with Crippen LogP contribution in [0, 0.1) is 6.92 Å². The first-order chi connectivity index (χ1) is 14.0. The summed E-state index contributed by atoms with van der Waals surface area (Å²) in [5.41, 5.74) is 3.16. The highest BCUT2D eigenvalue weighted by atomic mass is 16.5. The highest BCUT2D eigenvalue weighted by Gasteiger charge is 2.08. The summed E-state index contributed by atoms with van der Waals surface area (Å²) in [7, 11) is 1.65. The maximum Gasteiger partial charge on any atom is 0.229 e. The molecule has 6 nitrogen and oxygen atoms in total. The highest BCUT2D eigenvalue weighted by molar-refractivity contribution is 5.60. The van der Waals surface area contributed by atoms with Gasteiger partial charge < -0.3 is 20.1 Å². The summed E-state index contributed by atoms with van der Waals surface area (Å²) < 4.78 is 10.9. The Hall–Kier alpha value is -3.28. The predicted octanol–water partition coefficient (Wildman–Crippen LogP) is 5.15. The molecule has 2 aromatic carbocycles. The van der Waals surface area contributed by atoms with Crippen LogP contribution in [0.1, 0.15) is 31.0 Å². The Balaban J connectivity index is 1.59. The van der Waals surface area contributed by atoms with Gasteiger partial charge in [0.25, 0.3) is 0 Å². The number of aromatic nitrogens is 2. The molecule has 0 aliphatic rings. The Bertz CT molecular complexity index is 926. The molecule has 0 saturated heterocycles. The van der Waals surface area contributed by atoms with Crippen molar-refractivity contribution in [3.63, 3.8) is 0 Å². The molecule has 0 bridgehead atoms. The SMILES string of the molecule is COc1ccc(OCCNc2cc(C)nc(Nc3ccccc3C(C)C)n2)cc1. The molecule has 0 atom stereocenters. The lowest BCUT2D eigenvalue weighted by molar-refractivity contribution is 0.331. The molecule has 0 aliphatic heterocycles. The van der Waals surface area contributed by atoms with Crippen molar-refractivity contribution in [2.24, 2.45) is 0 Å². The van der Waals surface area contributed by atoms with Crippen molar-refractivity contribution in [1.82, 2.24) is 9.97 Å². The molecule has 0 spiro atoms. The topological polar surface area (TPSA) is 68.3 Å². The van der Waals surface area contributed by atoms with Gasteiger partial charge >= 0.3 is 0 Å². The van der Waals surface area contributed by atoms with Crippen molar-refractivity contribution < 1.29 is 9.47 Å². The van der Waals surface area contributed by atoms with Gasteiger partial charge in [-0.15, -0.1) is 0 Å². The van der Waals surface area contributed by atoms with E-state index in [1.165, 1.54) is 5.56 Å². The van der Waals surface area contributed by atoms with E-state index < -0.39 is 0 Å². The van der Waals surface area contributed by atoms with Crippen LogP contribution in [0.15, 0.2) is 54.6 Å². The fourth-order valence-electron chi connectivity index (χ4n) is 2.97. The molecule has 29 heavy (non-hydrogen) atoms. The third-order valence-electron chi connectivity index (χ3n) is 4.42. The summed E-state index contributed by atoms with van der Waals surface area (Å²) in [4.78, 5) is 9.11. The average molecular weight is 393 g/mol. The second kappa shape index (κ2) is 9.78. The number of hydrogen-bond donors (Lipinski definition) is 2. The first kappa shape index (κ1) is 20.5. The van der Waals surface area contributed by atoms with Crippen LogP contribution in [-0.2, 0) is 0 Å². The molecule has 3 rings (SSSR count). The minimum atomic E-state index is 0.413. The van der Waals surface area contributed by atoms with E-state index in [-0.39, 0.29) is 0 Å². The smallest absolute Gasteiger partial charge is 0.229 e. The Labute approximate surface area is 172 Å². The summed E-state index contributed by atoms with van der Waals surface area (Å²) in [5.74, 6) is 3.37. The van der Waals surface area contributed by atoms with Crippen LogP contribution in [0.3, 0.4) is 0 Å². The largest absolute Gasteiger partial charge is 0.497 e. The number of methoxy groups -OCH3 is 1. The minimum Gasteiger partial charge on any atom is -0.497 e. The molecular weight excluding hydrogens is 364 g/mol. The second-order valence-corrected chi connectivity index (χ2v) is 7.04. The van der Waals surface area contributed by atoms with Crippen molar-refractivity contribution in [2.75, 3.05) is 30.9 Å². The predicted molar refractivity (Wildman–Crippen MR) is 118 cm³/mol. The zero-order valence-corrected chi connectivity index (χ0v) is 17.4. The standard InChI is InChI=1S/C23H28N4O2/c1-16(2)20-7-5-6-8-21(20)26-23-25-17(3)15-22(27-23)24-13-14-29-19-11-9-18(28-4)10-12-19/h5-12,15-16H,13-14H2,1-4H3,(H2,24,25,26,27). The van der Waals surface area contributed by atoms with E-state index in [4.69, 9.17) is 9.47 Å². The van der Waals surface area contributed by atoms with E-state index >= 15 is 0 Å². The molecule has 1 aromatic heterocycles. The van der Waals surface area contributed by atoms with Crippen LogP contribution in [0.2, 0.25) is 0 Å². The van der Waals surface area contributed by atoms with E-state index in [2.05, 4.69) is 46.6 Å². The normalized spacial score (nSPS) is 10.7. The van der Waals surface area contributed by atoms with Crippen LogP contribution in [0.25, 0.3) is 0 Å². The van der Waals surface area contributed by atoms with Crippen LogP contribution < -0.4 is 20.1 Å². The minimum absolute atomic E-state index is 0.413. The van der Waals surface area contributed by atoms with Crippen molar-refractivity contribution in [1.29, 1.82) is 0 Å². The van der Waals surface area contributed by atoms with E-state index in [0.717, 1.165) is 28.7 Å². The van der Waals surface area contributed by atoms with Crippen LogP contribution in [0.5, 0.6) is 11.5 Å². The molecule has 3 aromatic rings. The maximum absolute atomic E-state index is 5.75. The van der Waals surface area contributed by atoms with Crippen LogP contribution in [0.4, 0.5) is 17.5 Å². The van der Waals surface area contributed by atoms with Gasteiger partial charge in [0.1, 0.15) is 23.9 Å². The molecule has 0 amide bonds. The van der Waals surface area contributed by atoms with E-state index in [1.54, 1.807) is 7.11 Å². The number of nitrogens with zero attached hydrogens (tertiary/aromatic N) is 2. The molecule has 1 heterocycles. The number of nitrogens with one attached hydrogen (secondary N) is 2. The fraction of sp³-hybridized carbons (Fsp3) is 0.304. The lowest BCUT2D eigenvalue weighted by Gasteiger charge is -2.15. The van der Waals surface area contributed by atoms with Crippen molar-refractivity contribution in [3.05, 3.63) is 65.9 Å². The van der Waals surface area contributed by atoms with Crippen molar-refractivity contribution in [3.8, 4) is 11.5 Å². The van der Waals surface area contributed by atoms with Gasteiger partial charge in [0, 0.05) is 17.4 Å². The summed E-state index contributed by atoms with van der Waals surface area (Å²) in [5, 5.41) is 6.66. The number of rotatable bonds is 9. The molecule has 152 valence electrons. The number of benzene rings is 2. The fourth-order valence-corrected chi connectivity index (χ4v) is 2.97. The Morgan fingerprint density at radius 1 is 0.966 bits per heavy atom. The van der Waals surface area contributed by atoms with Gasteiger partial charge in [-0.2, -0.15) is 4.98 Å². The summed E-state index contributed by atoms with van der Waals surface area (Å²) in [6, 6.07) is 17.7. The number of hydrogen-bond acceptors (Lipinski definition) is 6. The van der Waals surface area contributed by atoms with Gasteiger partial charge in [-0.05, 0) is 48.7 Å². The number of para-hydroxylation sites is 1. The van der Waals surface area contributed by atoms with E-state index in [1.807, 2.05) is 49.4 Å². The number of anilines is 3. The van der Waals surface area contributed by atoms with Gasteiger partial charge in [0.15, 0.2) is 0 Å². The Morgan fingerprint density at radius 3 is 2.41 bits per heavy atom. The lowest BCUT2D eigenvalue weighted by Crippen LogP contribution is -2.13. The van der Waals surface area contributed by atoms with Gasteiger partial charge in [-0.1, -0.05) is 32.0 Å². The van der Waals surface area contributed by atoms with Gasteiger partial charge in [-0.25, -0.2) is 4.98 Å². The Kier molecular flexibility index (Phi) is 6.89. The third-order valence-corrected chi connectivity index (χ3v) is 4.42. The summed E-state index contributed by atoms with van der Waals surface area (Å²) in [6.07, 6.45) is 0. The van der Waals surface area contributed by atoms with Crippen LogP contribution in [-0.4, -0.2) is 30.2 Å². The maximum atomic E-state index is 5.75. The Morgan fingerprint density at radius 2 is 1.69 bits per heavy atom. The molecule has 0 aliphatic carbocycles. The van der Waals surface area contributed by atoms with E-state index in [9.17, 15) is 0 Å². The summed E-state index contributed by atoms with van der Waals surface area (Å²) >= 11 is 0. The summed E-state index contributed by atoms with van der Waals surface area (Å²) in [6.45, 7) is 7.46. The number of aryl methyl sites for hydroxylation is 1. The van der Waals surface area contributed by atoms with Crippen molar-refractivity contribution in [2.45, 2.75) is 26.7 Å². The molecular formula is C23H28N4O2. The molecule has 0 unspecified atom stereocenters. The zero-order chi connectivity index (χ0) is 20.6.